The topological polar surface area (TPSA) is 59.1 Å². The minimum atomic E-state index is -0.248. The molecule has 0 radical (unpaired) electrons. The molecule has 0 aliphatic carbocycles. The fraction of sp³-hybridized carbons (Fsp3) is 0.353. The van der Waals surface area contributed by atoms with Gasteiger partial charge in [0.1, 0.15) is 5.75 Å². The van der Waals surface area contributed by atoms with Crippen LogP contribution in [0.4, 0.5) is 0 Å². The fourth-order valence-electron chi connectivity index (χ4n) is 2.15. The van der Waals surface area contributed by atoms with Crippen molar-refractivity contribution in [3.8, 4) is 5.75 Å². The highest BCUT2D eigenvalue weighted by Crippen LogP contribution is 2.26. The average molecular weight is 270 g/mol. The largest absolute Gasteiger partial charge is 0.493 e. The number of hydrogen-bond donors (Lipinski definition) is 2. The summed E-state index contributed by atoms with van der Waals surface area (Å²) in [4.78, 5) is 0. The van der Waals surface area contributed by atoms with Crippen molar-refractivity contribution in [3.63, 3.8) is 0 Å². The first-order valence-electron chi connectivity index (χ1n) is 6.96. The van der Waals surface area contributed by atoms with Gasteiger partial charge in [-0.15, -0.1) is 0 Å². The van der Waals surface area contributed by atoms with Gasteiger partial charge in [-0.2, -0.15) is 0 Å². The minimum Gasteiger partial charge on any atom is -0.493 e. The second-order valence-corrected chi connectivity index (χ2v) is 5.73. The van der Waals surface area contributed by atoms with E-state index in [1.807, 2.05) is 38.1 Å². The van der Waals surface area contributed by atoms with E-state index in [0.717, 1.165) is 24.0 Å². The molecule has 0 aliphatic rings. The van der Waals surface area contributed by atoms with Crippen molar-refractivity contribution in [1.82, 2.24) is 0 Å². The van der Waals surface area contributed by atoms with Crippen LogP contribution in [0.2, 0.25) is 0 Å². The van der Waals surface area contributed by atoms with Crippen LogP contribution in [0.1, 0.15) is 26.7 Å². The van der Waals surface area contributed by atoms with Crippen LogP contribution < -0.4 is 10.5 Å². The van der Waals surface area contributed by atoms with Crippen molar-refractivity contribution in [2.24, 2.45) is 11.1 Å². The van der Waals surface area contributed by atoms with Crippen LogP contribution >= 0.6 is 0 Å². The first kappa shape index (κ1) is 14.4. The predicted octanol–water partition coefficient (Wildman–Crippen LogP) is 3.96. The zero-order chi connectivity index (χ0) is 14.6. The number of nitrogens with one attached hydrogen (secondary N) is 1. The first-order chi connectivity index (χ1) is 9.50. The molecular formula is C17H22N2O. The average Bonchev–Trinajstić information content (AvgIpc) is 2.43. The predicted molar refractivity (Wildman–Crippen MR) is 84.4 cm³/mol. The normalized spacial score (nSPS) is 11.5. The second-order valence-electron chi connectivity index (χ2n) is 5.73. The lowest BCUT2D eigenvalue weighted by Crippen LogP contribution is -2.31. The van der Waals surface area contributed by atoms with Crippen molar-refractivity contribution in [2.75, 3.05) is 6.61 Å². The van der Waals surface area contributed by atoms with Crippen molar-refractivity contribution < 1.29 is 4.74 Å². The molecule has 0 saturated heterocycles. The third-order valence-corrected chi connectivity index (χ3v) is 3.68. The summed E-state index contributed by atoms with van der Waals surface area (Å²) in [5.41, 5.74) is 5.33. The van der Waals surface area contributed by atoms with E-state index < -0.39 is 0 Å². The Labute approximate surface area is 120 Å². The monoisotopic (exact) mass is 270 g/mol. The van der Waals surface area contributed by atoms with E-state index in [4.69, 9.17) is 15.9 Å². The van der Waals surface area contributed by atoms with Gasteiger partial charge in [0.2, 0.25) is 0 Å². The molecule has 0 fully saturated rings. The first-order valence-corrected chi connectivity index (χ1v) is 6.96. The Hall–Kier alpha value is -2.03. The van der Waals surface area contributed by atoms with Crippen LogP contribution in [0.15, 0.2) is 42.5 Å². The molecule has 3 heteroatoms. The van der Waals surface area contributed by atoms with E-state index >= 15 is 0 Å². The summed E-state index contributed by atoms with van der Waals surface area (Å²) in [5, 5.41) is 9.87. The second kappa shape index (κ2) is 5.95. The lowest BCUT2D eigenvalue weighted by molar-refractivity contribution is 0.289. The molecule has 0 saturated carbocycles. The lowest BCUT2D eigenvalue weighted by Gasteiger charge is -2.22. The lowest BCUT2D eigenvalue weighted by atomic mass is 9.87. The van der Waals surface area contributed by atoms with E-state index in [0.29, 0.717) is 6.61 Å². The molecule has 0 aliphatic heterocycles. The molecule has 0 atom stereocenters. The molecule has 0 heterocycles. The van der Waals surface area contributed by atoms with E-state index in [1.165, 1.54) is 5.39 Å². The molecule has 20 heavy (non-hydrogen) atoms. The SMILES string of the molecule is CC(C)(CCCOc1cccc2ccccc12)C(=N)N. The van der Waals surface area contributed by atoms with Crippen LogP contribution in [-0.2, 0) is 0 Å². The fourth-order valence-corrected chi connectivity index (χ4v) is 2.15. The molecule has 0 unspecified atom stereocenters. The quantitative estimate of drug-likeness (QED) is 0.474. The Kier molecular flexibility index (Phi) is 4.28. The van der Waals surface area contributed by atoms with Crippen molar-refractivity contribution in [1.29, 1.82) is 5.41 Å². The zero-order valence-electron chi connectivity index (χ0n) is 12.1. The number of rotatable bonds is 6. The molecular weight excluding hydrogens is 248 g/mol. The van der Waals surface area contributed by atoms with Gasteiger partial charge in [0.05, 0.1) is 12.4 Å². The highest BCUT2D eigenvalue weighted by Gasteiger charge is 2.20. The molecule has 2 rings (SSSR count). The summed E-state index contributed by atoms with van der Waals surface area (Å²) in [7, 11) is 0. The Morgan fingerprint density at radius 1 is 1.15 bits per heavy atom. The van der Waals surface area contributed by atoms with Gasteiger partial charge in [0.15, 0.2) is 0 Å². The molecule has 0 spiro atoms. The number of amidine groups is 1. The van der Waals surface area contributed by atoms with Crippen LogP contribution in [0.5, 0.6) is 5.75 Å². The highest BCUT2D eigenvalue weighted by atomic mass is 16.5. The molecule has 0 bridgehead atoms. The molecule has 0 aromatic heterocycles. The van der Waals surface area contributed by atoms with Crippen LogP contribution in [0.3, 0.4) is 0 Å². The van der Waals surface area contributed by atoms with Crippen LogP contribution in [0.25, 0.3) is 10.8 Å². The van der Waals surface area contributed by atoms with Gasteiger partial charge in [-0.25, -0.2) is 0 Å². The Bertz CT molecular complexity index is 599. The number of hydrogen-bond acceptors (Lipinski definition) is 2. The smallest absolute Gasteiger partial charge is 0.127 e. The molecule has 3 nitrogen and oxygen atoms in total. The zero-order valence-corrected chi connectivity index (χ0v) is 12.1. The maximum Gasteiger partial charge on any atom is 0.127 e. The standard InChI is InChI=1S/C17H22N2O/c1-17(2,16(18)19)11-6-12-20-15-10-5-8-13-7-3-4-9-14(13)15/h3-5,7-10H,6,11-12H2,1-2H3,(H3,18,19). The van der Waals surface area contributed by atoms with E-state index in [1.54, 1.807) is 0 Å². The summed E-state index contributed by atoms with van der Waals surface area (Å²) in [5.74, 6) is 1.16. The molecule has 2 aromatic carbocycles. The molecule has 2 aromatic rings. The summed E-state index contributed by atoms with van der Waals surface area (Å²) < 4.78 is 5.88. The van der Waals surface area contributed by atoms with E-state index in [9.17, 15) is 0 Å². The molecule has 106 valence electrons. The van der Waals surface area contributed by atoms with Gasteiger partial charge in [-0.1, -0.05) is 50.2 Å². The number of benzene rings is 2. The van der Waals surface area contributed by atoms with Gasteiger partial charge >= 0.3 is 0 Å². The van der Waals surface area contributed by atoms with Crippen molar-refractivity contribution in [3.05, 3.63) is 42.5 Å². The van der Waals surface area contributed by atoms with Gasteiger partial charge in [-0.3, -0.25) is 5.41 Å². The van der Waals surface area contributed by atoms with E-state index in [-0.39, 0.29) is 11.3 Å². The van der Waals surface area contributed by atoms with Crippen molar-refractivity contribution >= 4 is 16.6 Å². The summed E-state index contributed by atoms with van der Waals surface area (Å²) in [6, 6.07) is 14.3. The van der Waals surface area contributed by atoms with Crippen LogP contribution in [-0.4, -0.2) is 12.4 Å². The van der Waals surface area contributed by atoms with Gasteiger partial charge in [0.25, 0.3) is 0 Å². The number of nitrogens with two attached hydrogens (primary N) is 1. The van der Waals surface area contributed by atoms with Gasteiger partial charge in [-0.05, 0) is 24.3 Å². The van der Waals surface area contributed by atoms with Crippen LogP contribution in [0, 0.1) is 10.8 Å². The molecule has 0 amide bonds. The Balaban J connectivity index is 1.95. The summed E-state index contributed by atoms with van der Waals surface area (Å²) >= 11 is 0. The highest BCUT2D eigenvalue weighted by molar-refractivity contribution is 5.88. The number of fused-ring (bicyclic) bond motifs is 1. The maximum absolute atomic E-state index is 7.54. The van der Waals surface area contributed by atoms with E-state index in [2.05, 4.69) is 18.2 Å². The summed E-state index contributed by atoms with van der Waals surface area (Å²) in [6.45, 7) is 4.63. The summed E-state index contributed by atoms with van der Waals surface area (Å²) in [6.07, 6.45) is 1.74. The Morgan fingerprint density at radius 3 is 2.60 bits per heavy atom. The Morgan fingerprint density at radius 2 is 1.85 bits per heavy atom. The third-order valence-electron chi connectivity index (χ3n) is 3.68. The van der Waals surface area contributed by atoms with Crippen molar-refractivity contribution in [2.45, 2.75) is 26.7 Å². The number of ether oxygens (including phenoxy) is 1. The van der Waals surface area contributed by atoms with Gasteiger partial charge < -0.3 is 10.5 Å². The maximum atomic E-state index is 7.54. The van der Waals surface area contributed by atoms with Gasteiger partial charge in [0, 0.05) is 10.8 Å². The minimum absolute atomic E-state index is 0.239. The molecule has 3 N–H and O–H groups in total. The third kappa shape index (κ3) is 3.29.